The number of rotatable bonds is 4. The van der Waals surface area contributed by atoms with E-state index in [1.165, 1.54) is 11.6 Å². The Balaban J connectivity index is 1.44. The molecule has 1 aromatic carbocycles. The van der Waals surface area contributed by atoms with E-state index in [1.54, 1.807) is 21.7 Å². The summed E-state index contributed by atoms with van der Waals surface area (Å²) in [6.45, 7) is 1.41. The quantitative estimate of drug-likeness (QED) is 0.748. The van der Waals surface area contributed by atoms with Crippen molar-refractivity contribution < 1.29 is 14.0 Å². The van der Waals surface area contributed by atoms with E-state index in [1.807, 2.05) is 19.4 Å². The molecule has 1 aliphatic rings. The summed E-state index contributed by atoms with van der Waals surface area (Å²) in [5, 5.41) is 6.82. The molecule has 1 saturated heterocycles. The molecule has 2 heterocycles. The van der Waals surface area contributed by atoms with Crippen LogP contribution in [0.1, 0.15) is 29.9 Å². The highest BCUT2D eigenvalue weighted by molar-refractivity contribution is 9.10. The topological polar surface area (TPSA) is 67.2 Å². The van der Waals surface area contributed by atoms with Crippen LogP contribution in [-0.2, 0) is 23.1 Å². The summed E-state index contributed by atoms with van der Waals surface area (Å²) in [6.07, 6.45) is 5.97. The Morgan fingerprint density at radius 2 is 2.07 bits per heavy atom. The standard InChI is InChI=1S/C19H22BrFN4O2/c1-24-12-15(11-23-24)14-5-8-25(9-6-14)19(27)18(26)22-7-4-13-2-3-16(20)17(21)10-13/h2-3,10-12,14H,4-9H2,1H3,(H,22,26). The second-order valence-corrected chi connectivity index (χ2v) is 7.62. The van der Waals surface area contributed by atoms with Gasteiger partial charge in [0.1, 0.15) is 5.82 Å². The smallest absolute Gasteiger partial charge is 0.311 e. The Morgan fingerprint density at radius 3 is 2.70 bits per heavy atom. The Kier molecular flexibility index (Phi) is 6.26. The molecule has 0 radical (unpaired) electrons. The van der Waals surface area contributed by atoms with Gasteiger partial charge in [0, 0.05) is 32.9 Å². The number of carbonyl (C=O) groups excluding carboxylic acids is 2. The number of aromatic nitrogens is 2. The van der Waals surface area contributed by atoms with Crippen molar-refractivity contribution >= 4 is 27.7 Å². The predicted octanol–water partition coefficient (Wildman–Crippen LogP) is 2.39. The van der Waals surface area contributed by atoms with Gasteiger partial charge in [0.2, 0.25) is 0 Å². The van der Waals surface area contributed by atoms with Crippen LogP contribution in [0.3, 0.4) is 0 Å². The minimum atomic E-state index is -0.604. The van der Waals surface area contributed by atoms with Crippen molar-refractivity contribution in [2.45, 2.75) is 25.2 Å². The number of halogens is 2. The normalized spacial score (nSPS) is 15.0. The first kappa shape index (κ1) is 19.5. The van der Waals surface area contributed by atoms with Gasteiger partial charge in [0.05, 0.1) is 10.7 Å². The zero-order valence-electron chi connectivity index (χ0n) is 15.1. The average molecular weight is 437 g/mol. The van der Waals surface area contributed by atoms with Gasteiger partial charge in [0.25, 0.3) is 0 Å². The molecule has 0 aliphatic carbocycles. The summed E-state index contributed by atoms with van der Waals surface area (Å²) in [6, 6.07) is 4.83. The van der Waals surface area contributed by atoms with Gasteiger partial charge >= 0.3 is 11.8 Å². The monoisotopic (exact) mass is 436 g/mol. The molecule has 0 saturated carbocycles. The number of likely N-dealkylation sites (tertiary alicyclic amines) is 1. The molecule has 6 nitrogen and oxygen atoms in total. The number of nitrogens with one attached hydrogen (secondary N) is 1. The van der Waals surface area contributed by atoms with Crippen molar-refractivity contribution in [3.8, 4) is 0 Å². The first-order valence-corrected chi connectivity index (χ1v) is 9.73. The molecule has 0 bridgehead atoms. The molecule has 144 valence electrons. The van der Waals surface area contributed by atoms with E-state index in [9.17, 15) is 14.0 Å². The fraction of sp³-hybridized carbons (Fsp3) is 0.421. The van der Waals surface area contributed by atoms with Gasteiger partial charge in [-0.2, -0.15) is 5.10 Å². The maximum absolute atomic E-state index is 13.5. The number of amides is 2. The van der Waals surface area contributed by atoms with Gasteiger partial charge in [-0.15, -0.1) is 0 Å². The fourth-order valence-corrected chi connectivity index (χ4v) is 3.55. The molecular weight excluding hydrogens is 415 g/mol. The highest BCUT2D eigenvalue weighted by atomic mass is 79.9. The lowest BCUT2D eigenvalue weighted by molar-refractivity contribution is -0.146. The number of aryl methyl sites for hydroxylation is 1. The second kappa shape index (κ2) is 8.65. The van der Waals surface area contributed by atoms with Gasteiger partial charge in [0.15, 0.2) is 0 Å². The minimum absolute atomic E-state index is 0.289. The summed E-state index contributed by atoms with van der Waals surface area (Å²) in [5.74, 6) is -1.07. The van der Waals surface area contributed by atoms with E-state index >= 15 is 0 Å². The fourth-order valence-electron chi connectivity index (χ4n) is 3.30. The highest BCUT2D eigenvalue weighted by Gasteiger charge is 2.27. The predicted molar refractivity (Wildman–Crippen MR) is 103 cm³/mol. The van der Waals surface area contributed by atoms with Gasteiger partial charge in [-0.1, -0.05) is 6.07 Å². The molecule has 3 rings (SSSR count). The molecule has 1 N–H and O–H groups in total. The molecule has 1 aliphatic heterocycles. The van der Waals surface area contributed by atoms with E-state index in [0.717, 1.165) is 18.4 Å². The summed E-state index contributed by atoms with van der Waals surface area (Å²) in [5.41, 5.74) is 1.94. The number of piperidine rings is 1. The number of carbonyl (C=O) groups is 2. The SMILES string of the molecule is Cn1cc(C2CCN(C(=O)C(=O)NCCc3ccc(Br)c(F)c3)CC2)cn1. The first-order valence-electron chi connectivity index (χ1n) is 8.93. The van der Waals surface area contributed by atoms with E-state index in [-0.39, 0.29) is 12.4 Å². The van der Waals surface area contributed by atoms with Crippen molar-refractivity contribution in [2.75, 3.05) is 19.6 Å². The van der Waals surface area contributed by atoms with Gasteiger partial charge in [-0.25, -0.2) is 4.39 Å². The Morgan fingerprint density at radius 1 is 1.33 bits per heavy atom. The lowest BCUT2D eigenvalue weighted by atomic mass is 9.91. The third-order valence-electron chi connectivity index (χ3n) is 4.86. The molecule has 8 heteroatoms. The summed E-state index contributed by atoms with van der Waals surface area (Å²) in [4.78, 5) is 26.0. The van der Waals surface area contributed by atoms with E-state index in [4.69, 9.17) is 0 Å². The molecule has 0 spiro atoms. The summed E-state index contributed by atoms with van der Waals surface area (Å²) < 4.78 is 15.7. The lowest BCUT2D eigenvalue weighted by Crippen LogP contribution is -2.46. The molecule has 27 heavy (non-hydrogen) atoms. The summed E-state index contributed by atoms with van der Waals surface area (Å²) >= 11 is 3.10. The van der Waals surface area contributed by atoms with Crippen molar-refractivity contribution in [3.63, 3.8) is 0 Å². The van der Waals surface area contributed by atoms with Crippen LogP contribution in [0.5, 0.6) is 0 Å². The molecule has 0 unspecified atom stereocenters. The molecule has 0 atom stereocenters. The van der Waals surface area contributed by atoms with Crippen LogP contribution in [0.25, 0.3) is 0 Å². The van der Waals surface area contributed by atoms with Crippen molar-refractivity contribution in [2.24, 2.45) is 7.05 Å². The van der Waals surface area contributed by atoms with Crippen LogP contribution in [0.4, 0.5) is 4.39 Å². The first-order chi connectivity index (χ1) is 12.9. The number of nitrogens with zero attached hydrogens (tertiary/aromatic N) is 3. The summed E-state index contributed by atoms with van der Waals surface area (Å²) in [7, 11) is 1.88. The van der Waals surface area contributed by atoms with Gasteiger partial charge in [-0.3, -0.25) is 14.3 Å². The maximum atomic E-state index is 13.5. The Hall–Kier alpha value is -2.22. The Bertz CT molecular complexity index is 831. The average Bonchev–Trinajstić information content (AvgIpc) is 3.10. The number of hydrogen-bond donors (Lipinski definition) is 1. The molecule has 2 aromatic rings. The van der Waals surface area contributed by atoms with Crippen molar-refractivity contribution in [1.29, 1.82) is 0 Å². The van der Waals surface area contributed by atoms with E-state index in [2.05, 4.69) is 26.3 Å². The van der Waals surface area contributed by atoms with Gasteiger partial charge < -0.3 is 10.2 Å². The highest BCUT2D eigenvalue weighted by Crippen LogP contribution is 2.27. The van der Waals surface area contributed by atoms with E-state index in [0.29, 0.717) is 29.9 Å². The van der Waals surface area contributed by atoms with Crippen LogP contribution in [0.2, 0.25) is 0 Å². The van der Waals surface area contributed by atoms with Gasteiger partial charge in [-0.05, 0) is 64.4 Å². The zero-order chi connectivity index (χ0) is 19.4. The molecular formula is C19H22BrFN4O2. The third kappa shape index (κ3) is 4.94. The van der Waals surface area contributed by atoms with Crippen LogP contribution >= 0.6 is 15.9 Å². The third-order valence-corrected chi connectivity index (χ3v) is 5.50. The maximum Gasteiger partial charge on any atom is 0.311 e. The van der Waals surface area contributed by atoms with Crippen LogP contribution in [-0.4, -0.2) is 46.1 Å². The van der Waals surface area contributed by atoms with Crippen LogP contribution in [0, 0.1) is 5.82 Å². The van der Waals surface area contributed by atoms with Crippen LogP contribution in [0.15, 0.2) is 35.1 Å². The van der Waals surface area contributed by atoms with Crippen molar-refractivity contribution in [3.05, 3.63) is 52.0 Å². The minimum Gasteiger partial charge on any atom is -0.347 e. The zero-order valence-corrected chi connectivity index (χ0v) is 16.7. The van der Waals surface area contributed by atoms with Crippen LogP contribution < -0.4 is 5.32 Å². The lowest BCUT2D eigenvalue weighted by Gasteiger charge is -2.31. The Labute approximate surface area is 165 Å². The molecule has 2 amide bonds. The van der Waals surface area contributed by atoms with E-state index < -0.39 is 11.8 Å². The number of benzene rings is 1. The number of hydrogen-bond acceptors (Lipinski definition) is 3. The largest absolute Gasteiger partial charge is 0.347 e. The van der Waals surface area contributed by atoms with Crippen molar-refractivity contribution in [1.82, 2.24) is 20.0 Å². The molecule has 1 aromatic heterocycles. The molecule has 1 fully saturated rings. The second-order valence-electron chi connectivity index (χ2n) is 6.77.